The van der Waals surface area contributed by atoms with Crippen molar-refractivity contribution in [3.8, 4) is 5.75 Å². The Balaban J connectivity index is 1.36. The lowest BCUT2D eigenvalue weighted by Gasteiger charge is -2.19. The van der Waals surface area contributed by atoms with E-state index in [2.05, 4.69) is 22.5 Å². The van der Waals surface area contributed by atoms with Crippen molar-refractivity contribution in [3.63, 3.8) is 0 Å². The number of rotatable bonds is 4. The number of ether oxygens (including phenoxy) is 1. The standard InChI is InChI=1S/C18H23N3O3/c1-11-8-21(13-3-4-13)9-15(11)20-17(22)7-12-2-5-16-14(6-12)19-18(23)10-24-16/h2,5-6,11,13,15H,3-4,7-10H2,1H3,(H,19,23)(H,20,22)/t11-,15+/m0/s1. The third-order valence-electron chi connectivity index (χ3n) is 5.09. The van der Waals surface area contributed by atoms with Crippen LogP contribution in [0.1, 0.15) is 25.3 Å². The molecule has 1 aromatic rings. The molecule has 3 aliphatic rings. The maximum Gasteiger partial charge on any atom is 0.262 e. The fourth-order valence-electron chi connectivity index (χ4n) is 3.61. The molecule has 2 aliphatic heterocycles. The van der Waals surface area contributed by atoms with Gasteiger partial charge in [-0.25, -0.2) is 0 Å². The van der Waals surface area contributed by atoms with Crippen LogP contribution in [0.25, 0.3) is 0 Å². The number of anilines is 1. The Labute approximate surface area is 141 Å². The summed E-state index contributed by atoms with van der Waals surface area (Å²) in [5.74, 6) is 1.02. The van der Waals surface area contributed by atoms with Gasteiger partial charge in [-0.3, -0.25) is 14.5 Å². The molecular formula is C18H23N3O3. The van der Waals surface area contributed by atoms with Crippen LogP contribution in [0, 0.1) is 5.92 Å². The Morgan fingerprint density at radius 1 is 1.38 bits per heavy atom. The number of likely N-dealkylation sites (tertiary alicyclic amines) is 1. The quantitative estimate of drug-likeness (QED) is 0.870. The molecule has 1 saturated heterocycles. The molecule has 0 unspecified atom stereocenters. The van der Waals surface area contributed by atoms with E-state index in [0.717, 1.165) is 24.7 Å². The zero-order valence-electron chi connectivity index (χ0n) is 13.9. The maximum absolute atomic E-state index is 12.4. The van der Waals surface area contributed by atoms with Gasteiger partial charge in [0.05, 0.1) is 12.1 Å². The average molecular weight is 329 g/mol. The van der Waals surface area contributed by atoms with Gasteiger partial charge in [-0.1, -0.05) is 13.0 Å². The molecule has 128 valence electrons. The normalized spacial score (nSPS) is 26.5. The molecule has 0 aromatic heterocycles. The Hall–Kier alpha value is -2.08. The molecule has 0 bridgehead atoms. The maximum atomic E-state index is 12.4. The third kappa shape index (κ3) is 3.24. The zero-order chi connectivity index (χ0) is 16.7. The molecule has 1 aliphatic carbocycles. The lowest BCUT2D eigenvalue weighted by atomic mass is 10.1. The van der Waals surface area contributed by atoms with Gasteiger partial charge < -0.3 is 15.4 Å². The first-order valence-electron chi connectivity index (χ1n) is 8.67. The van der Waals surface area contributed by atoms with E-state index >= 15 is 0 Å². The fraction of sp³-hybridized carbons (Fsp3) is 0.556. The van der Waals surface area contributed by atoms with Crippen molar-refractivity contribution in [2.45, 2.75) is 38.3 Å². The molecule has 4 rings (SSSR count). The smallest absolute Gasteiger partial charge is 0.262 e. The Morgan fingerprint density at radius 2 is 2.21 bits per heavy atom. The van der Waals surface area contributed by atoms with Gasteiger partial charge in [-0.15, -0.1) is 0 Å². The average Bonchev–Trinajstić information content (AvgIpc) is 3.32. The number of carbonyl (C=O) groups is 2. The van der Waals surface area contributed by atoms with Crippen LogP contribution in [0.4, 0.5) is 5.69 Å². The minimum Gasteiger partial charge on any atom is -0.482 e. The number of carbonyl (C=O) groups excluding carboxylic acids is 2. The number of hydrogen-bond acceptors (Lipinski definition) is 4. The van der Waals surface area contributed by atoms with Crippen LogP contribution < -0.4 is 15.4 Å². The third-order valence-corrected chi connectivity index (χ3v) is 5.09. The Kier molecular flexibility index (Phi) is 3.92. The topological polar surface area (TPSA) is 70.7 Å². The predicted octanol–water partition coefficient (Wildman–Crippen LogP) is 1.16. The summed E-state index contributed by atoms with van der Waals surface area (Å²) in [6.07, 6.45) is 2.92. The molecule has 6 heteroatoms. The molecule has 2 amide bonds. The van der Waals surface area contributed by atoms with E-state index in [-0.39, 0.29) is 24.5 Å². The van der Waals surface area contributed by atoms with E-state index in [1.807, 2.05) is 18.2 Å². The van der Waals surface area contributed by atoms with Gasteiger partial charge in [0.2, 0.25) is 5.91 Å². The first-order chi connectivity index (χ1) is 11.6. The number of nitrogens with one attached hydrogen (secondary N) is 2. The highest BCUT2D eigenvalue weighted by Crippen LogP contribution is 2.32. The van der Waals surface area contributed by atoms with Crippen LogP contribution >= 0.6 is 0 Å². The number of nitrogens with zero attached hydrogens (tertiary/aromatic N) is 1. The summed E-state index contributed by atoms with van der Waals surface area (Å²) in [5.41, 5.74) is 1.52. The van der Waals surface area contributed by atoms with Crippen LogP contribution in [0.2, 0.25) is 0 Å². The number of hydrogen-bond donors (Lipinski definition) is 2. The van der Waals surface area contributed by atoms with E-state index < -0.39 is 0 Å². The molecule has 0 spiro atoms. The summed E-state index contributed by atoms with van der Waals surface area (Å²) in [5, 5.41) is 5.96. The van der Waals surface area contributed by atoms with Gasteiger partial charge in [-0.2, -0.15) is 0 Å². The highest BCUT2D eigenvalue weighted by atomic mass is 16.5. The highest BCUT2D eigenvalue weighted by molar-refractivity contribution is 5.95. The fourth-order valence-corrected chi connectivity index (χ4v) is 3.61. The van der Waals surface area contributed by atoms with Crippen LogP contribution in [0.3, 0.4) is 0 Å². The van der Waals surface area contributed by atoms with Gasteiger partial charge in [0, 0.05) is 25.2 Å². The number of fused-ring (bicyclic) bond motifs is 1. The van der Waals surface area contributed by atoms with Crippen molar-refractivity contribution in [3.05, 3.63) is 23.8 Å². The summed E-state index contributed by atoms with van der Waals surface area (Å²) >= 11 is 0. The Bertz CT molecular complexity index is 671. The molecule has 2 heterocycles. The largest absolute Gasteiger partial charge is 0.482 e. The molecule has 1 aromatic carbocycles. The van der Waals surface area contributed by atoms with E-state index in [9.17, 15) is 9.59 Å². The van der Waals surface area contributed by atoms with Gasteiger partial charge in [-0.05, 0) is 36.5 Å². The molecular weight excluding hydrogens is 306 g/mol. The second-order valence-electron chi connectivity index (χ2n) is 7.18. The monoisotopic (exact) mass is 329 g/mol. The van der Waals surface area contributed by atoms with Crippen LogP contribution in [-0.2, 0) is 16.0 Å². The molecule has 6 nitrogen and oxygen atoms in total. The van der Waals surface area contributed by atoms with Crippen molar-refractivity contribution in [2.75, 3.05) is 25.0 Å². The highest BCUT2D eigenvalue weighted by Gasteiger charge is 2.38. The van der Waals surface area contributed by atoms with Crippen LogP contribution in [0.15, 0.2) is 18.2 Å². The number of benzene rings is 1. The van der Waals surface area contributed by atoms with Gasteiger partial charge in [0.1, 0.15) is 5.75 Å². The van der Waals surface area contributed by atoms with E-state index in [1.165, 1.54) is 12.8 Å². The SMILES string of the molecule is C[C@H]1CN(C2CC2)C[C@H]1NC(=O)Cc1ccc2c(c1)NC(=O)CO2. The molecule has 1 saturated carbocycles. The van der Waals surface area contributed by atoms with Crippen molar-refractivity contribution >= 4 is 17.5 Å². The minimum atomic E-state index is -0.163. The number of amides is 2. The summed E-state index contributed by atoms with van der Waals surface area (Å²) in [6, 6.07) is 6.49. The Morgan fingerprint density at radius 3 is 3.00 bits per heavy atom. The lowest BCUT2D eigenvalue weighted by Crippen LogP contribution is -2.40. The molecule has 2 fully saturated rings. The lowest BCUT2D eigenvalue weighted by molar-refractivity contribution is -0.121. The van der Waals surface area contributed by atoms with Crippen molar-refractivity contribution in [2.24, 2.45) is 5.92 Å². The summed E-state index contributed by atoms with van der Waals surface area (Å²) in [6.45, 7) is 4.30. The minimum absolute atomic E-state index is 0.0347. The second-order valence-corrected chi connectivity index (χ2v) is 7.18. The molecule has 24 heavy (non-hydrogen) atoms. The van der Waals surface area contributed by atoms with E-state index in [1.54, 1.807) is 0 Å². The first kappa shape index (κ1) is 15.4. The van der Waals surface area contributed by atoms with Gasteiger partial charge in [0.25, 0.3) is 5.91 Å². The van der Waals surface area contributed by atoms with E-state index in [4.69, 9.17) is 4.74 Å². The van der Waals surface area contributed by atoms with Crippen molar-refractivity contribution < 1.29 is 14.3 Å². The summed E-state index contributed by atoms with van der Waals surface area (Å²) < 4.78 is 5.34. The van der Waals surface area contributed by atoms with Crippen LogP contribution in [0.5, 0.6) is 5.75 Å². The molecule has 0 radical (unpaired) electrons. The first-order valence-corrected chi connectivity index (χ1v) is 8.67. The van der Waals surface area contributed by atoms with Gasteiger partial charge >= 0.3 is 0 Å². The van der Waals surface area contributed by atoms with Gasteiger partial charge in [0.15, 0.2) is 6.61 Å². The zero-order valence-corrected chi connectivity index (χ0v) is 13.9. The summed E-state index contributed by atoms with van der Waals surface area (Å²) in [4.78, 5) is 26.3. The van der Waals surface area contributed by atoms with E-state index in [0.29, 0.717) is 23.8 Å². The van der Waals surface area contributed by atoms with Crippen LogP contribution in [-0.4, -0.2) is 48.5 Å². The van der Waals surface area contributed by atoms with Crippen molar-refractivity contribution in [1.29, 1.82) is 0 Å². The molecule has 2 N–H and O–H groups in total. The summed E-state index contributed by atoms with van der Waals surface area (Å²) in [7, 11) is 0. The molecule has 2 atom stereocenters. The predicted molar refractivity (Wildman–Crippen MR) is 90.0 cm³/mol. The second kappa shape index (κ2) is 6.09. The van der Waals surface area contributed by atoms with Crippen molar-refractivity contribution in [1.82, 2.24) is 10.2 Å².